The van der Waals surface area contributed by atoms with Gasteiger partial charge in [-0.3, -0.25) is 9.48 Å². The maximum Gasteiger partial charge on any atom is 0.274 e. The molecule has 140 valence electrons. The van der Waals surface area contributed by atoms with E-state index in [2.05, 4.69) is 32.5 Å². The lowest BCUT2D eigenvalue weighted by Gasteiger charge is -2.08. The summed E-state index contributed by atoms with van der Waals surface area (Å²) in [6.07, 6.45) is 0. The summed E-state index contributed by atoms with van der Waals surface area (Å²) < 4.78 is 1.91. The lowest BCUT2D eigenvalue weighted by Crippen LogP contribution is -2.16. The molecule has 0 spiro atoms. The van der Waals surface area contributed by atoms with Gasteiger partial charge in [0.2, 0.25) is 0 Å². The Bertz CT molecular complexity index is 953. The number of aromatic nitrogens is 4. The molecule has 2 heterocycles. The topological polar surface area (TPSA) is 72.7 Å². The third-order valence-corrected chi connectivity index (χ3v) is 4.86. The molecule has 0 atom stereocenters. The van der Waals surface area contributed by atoms with Crippen LogP contribution in [-0.4, -0.2) is 31.4 Å². The Morgan fingerprint density at radius 1 is 1.15 bits per heavy atom. The molecule has 0 saturated heterocycles. The van der Waals surface area contributed by atoms with Crippen molar-refractivity contribution in [1.82, 2.24) is 19.7 Å². The Kier molecular flexibility index (Phi) is 5.91. The lowest BCUT2D eigenvalue weighted by molar-refractivity contribution is 0.102. The zero-order valence-corrected chi connectivity index (χ0v) is 16.8. The van der Waals surface area contributed by atoms with Crippen molar-refractivity contribution in [2.45, 2.75) is 39.4 Å². The zero-order valence-electron chi connectivity index (χ0n) is 16.0. The van der Waals surface area contributed by atoms with Gasteiger partial charge in [0.05, 0.1) is 23.6 Å². The van der Waals surface area contributed by atoms with Crippen LogP contribution in [-0.2, 0) is 6.54 Å². The zero-order chi connectivity index (χ0) is 19.4. The Morgan fingerprint density at radius 2 is 1.89 bits per heavy atom. The highest BCUT2D eigenvalue weighted by Crippen LogP contribution is 2.22. The number of aryl methyl sites for hydroxylation is 2. The summed E-state index contributed by atoms with van der Waals surface area (Å²) in [5.41, 5.74) is 4.74. The van der Waals surface area contributed by atoms with E-state index in [0.717, 1.165) is 34.1 Å². The van der Waals surface area contributed by atoms with Crippen LogP contribution in [0.3, 0.4) is 0 Å². The maximum atomic E-state index is 12.7. The van der Waals surface area contributed by atoms with Gasteiger partial charge in [0.15, 0.2) is 5.16 Å². The number of hydrogen-bond donors (Lipinski definition) is 1. The predicted molar refractivity (Wildman–Crippen MR) is 108 cm³/mol. The molecule has 0 aliphatic heterocycles. The van der Waals surface area contributed by atoms with Crippen LogP contribution < -0.4 is 5.32 Å². The van der Waals surface area contributed by atoms with Gasteiger partial charge in [-0.25, -0.2) is 9.97 Å². The van der Waals surface area contributed by atoms with Gasteiger partial charge in [0.1, 0.15) is 5.69 Å². The molecule has 2 aromatic heterocycles. The predicted octanol–water partition coefficient (Wildman–Crippen LogP) is 4.01. The molecule has 1 N–H and O–H groups in total. The van der Waals surface area contributed by atoms with E-state index >= 15 is 0 Å². The van der Waals surface area contributed by atoms with Crippen molar-refractivity contribution in [3.8, 4) is 0 Å². The molecule has 0 radical (unpaired) electrons. The molecule has 27 heavy (non-hydrogen) atoms. The van der Waals surface area contributed by atoms with Crippen LogP contribution in [0, 0.1) is 20.8 Å². The highest BCUT2D eigenvalue weighted by molar-refractivity contribution is 7.99. The van der Waals surface area contributed by atoms with Crippen LogP contribution in [0.1, 0.15) is 40.1 Å². The number of thioether (sulfide) groups is 1. The van der Waals surface area contributed by atoms with E-state index < -0.39 is 0 Å². The molecule has 1 aromatic carbocycles. The van der Waals surface area contributed by atoms with Gasteiger partial charge in [-0.15, -0.1) is 0 Å². The van der Waals surface area contributed by atoms with E-state index in [1.165, 1.54) is 11.8 Å². The fraction of sp³-hybridized carbons (Fsp3) is 0.300. The summed E-state index contributed by atoms with van der Waals surface area (Å²) in [6.45, 7) is 8.42. The summed E-state index contributed by atoms with van der Waals surface area (Å²) >= 11 is 1.52. The van der Waals surface area contributed by atoms with Crippen LogP contribution >= 0.6 is 11.8 Å². The molecule has 0 bridgehead atoms. The Balaban J connectivity index is 1.82. The van der Waals surface area contributed by atoms with Gasteiger partial charge in [-0.2, -0.15) is 5.10 Å². The van der Waals surface area contributed by atoms with E-state index in [0.29, 0.717) is 17.4 Å². The molecular formula is C20H23N5OS. The summed E-state index contributed by atoms with van der Waals surface area (Å²) in [4.78, 5) is 21.5. The Hall–Kier alpha value is -2.67. The highest BCUT2D eigenvalue weighted by Gasteiger charge is 2.17. The summed E-state index contributed by atoms with van der Waals surface area (Å²) in [6, 6.07) is 11.8. The maximum absolute atomic E-state index is 12.7. The minimum atomic E-state index is -0.246. The second-order valence-electron chi connectivity index (χ2n) is 6.25. The second kappa shape index (κ2) is 8.35. The van der Waals surface area contributed by atoms with Crippen molar-refractivity contribution < 1.29 is 4.79 Å². The second-order valence-corrected chi connectivity index (χ2v) is 7.48. The van der Waals surface area contributed by atoms with Crippen molar-refractivity contribution in [1.29, 1.82) is 0 Å². The number of amides is 1. The highest BCUT2D eigenvalue weighted by atomic mass is 32.2. The SMILES string of the molecule is CCSc1nc(C)cc(C(=O)Nc2c(C)nn(Cc3ccccc3)c2C)n1. The average Bonchev–Trinajstić information content (AvgIpc) is 2.90. The Labute approximate surface area is 163 Å². The number of benzene rings is 1. The van der Waals surface area contributed by atoms with Crippen molar-refractivity contribution in [2.24, 2.45) is 0 Å². The first-order valence-corrected chi connectivity index (χ1v) is 9.84. The van der Waals surface area contributed by atoms with E-state index in [1.54, 1.807) is 6.07 Å². The monoisotopic (exact) mass is 381 g/mol. The van der Waals surface area contributed by atoms with Gasteiger partial charge in [-0.1, -0.05) is 49.0 Å². The van der Waals surface area contributed by atoms with Crippen LogP contribution in [0.2, 0.25) is 0 Å². The van der Waals surface area contributed by atoms with Gasteiger partial charge in [0, 0.05) is 5.69 Å². The molecule has 0 saturated carbocycles. The fourth-order valence-electron chi connectivity index (χ4n) is 2.82. The molecular weight excluding hydrogens is 358 g/mol. The molecule has 3 rings (SSSR count). The first-order chi connectivity index (χ1) is 13.0. The third-order valence-electron chi connectivity index (χ3n) is 4.13. The van der Waals surface area contributed by atoms with E-state index in [-0.39, 0.29) is 5.91 Å². The normalized spacial score (nSPS) is 10.8. The fourth-order valence-corrected chi connectivity index (χ4v) is 3.45. The molecule has 1 amide bonds. The number of carbonyl (C=O) groups is 1. The summed E-state index contributed by atoms with van der Waals surface area (Å²) in [5, 5.41) is 8.18. The molecule has 0 aliphatic rings. The minimum Gasteiger partial charge on any atom is -0.317 e. The van der Waals surface area contributed by atoms with Crippen molar-refractivity contribution in [2.75, 3.05) is 11.1 Å². The number of anilines is 1. The lowest BCUT2D eigenvalue weighted by atomic mass is 10.2. The smallest absolute Gasteiger partial charge is 0.274 e. The third kappa shape index (κ3) is 4.54. The molecule has 0 fully saturated rings. The standard InChI is InChI=1S/C20H23N5OS/c1-5-27-20-21-13(2)11-17(22-20)19(26)23-18-14(3)24-25(15(18)4)12-16-9-7-6-8-10-16/h6-11H,5,12H2,1-4H3,(H,23,26). The number of carbonyl (C=O) groups excluding carboxylic acids is 1. The van der Waals surface area contributed by atoms with E-state index in [4.69, 9.17) is 0 Å². The molecule has 6 nitrogen and oxygen atoms in total. The first-order valence-electron chi connectivity index (χ1n) is 8.85. The quantitative estimate of drug-likeness (QED) is 0.516. The summed E-state index contributed by atoms with van der Waals surface area (Å²) in [7, 11) is 0. The first kappa shape index (κ1) is 19.1. The molecule has 7 heteroatoms. The van der Waals surface area contributed by atoms with Gasteiger partial charge in [-0.05, 0) is 38.2 Å². The van der Waals surface area contributed by atoms with Crippen LogP contribution in [0.25, 0.3) is 0 Å². The van der Waals surface area contributed by atoms with E-state index in [1.807, 2.05) is 50.6 Å². The van der Waals surface area contributed by atoms with Crippen molar-refractivity contribution >= 4 is 23.4 Å². The molecule has 0 aliphatic carbocycles. The number of nitrogens with zero attached hydrogens (tertiary/aromatic N) is 4. The number of nitrogens with one attached hydrogen (secondary N) is 1. The van der Waals surface area contributed by atoms with Gasteiger partial charge < -0.3 is 5.32 Å². The molecule has 0 unspecified atom stereocenters. The number of hydrogen-bond acceptors (Lipinski definition) is 5. The van der Waals surface area contributed by atoms with Crippen LogP contribution in [0.4, 0.5) is 5.69 Å². The van der Waals surface area contributed by atoms with Crippen LogP contribution in [0.5, 0.6) is 0 Å². The summed E-state index contributed by atoms with van der Waals surface area (Å²) in [5.74, 6) is 0.610. The largest absolute Gasteiger partial charge is 0.317 e. The average molecular weight is 382 g/mol. The number of rotatable bonds is 6. The minimum absolute atomic E-state index is 0.246. The Morgan fingerprint density at radius 3 is 2.59 bits per heavy atom. The van der Waals surface area contributed by atoms with Crippen molar-refractivity contribution in [3.05, 3.63) is 64.7 Å². The molecule has 3 aromatic rings. The van der Waals surface area contributed by atoms with E-state index in [9.17, 15) is 4.79 Å². The van der Waals surface area contributed by atoms with Crippen LogP contribution in [0.15, 0.2) is 41.6 Å². The van der Waals surface area contributed by atoms with Crippen molar-refractivity contribution in [3.63, 3.8) is 0 Å². The van der Waals surface area contributed by atoms with Gasteiger partial charge in [0.25, 0.3) is 5.91 Å². The van der Waals surface area contributed by atoms with Gasteiger partial charge >= 0.3 is 0 Å².